The molecule has 0 heterocycles. The molecule has 0 aromatic heterocycles. The lowest BCUT2D eigenvalue weighted by Crippen LogP contribution is -2.51. The summed E-state index contributed by atoms with van der Waals surface area (Å²) in [4.78, 5) is 12.0. The molecular formula is C13H17Cl2NO. The van der Waals surface area contributed by atoms with Gasteiger partial charge in [0.25, 0.3) is 5.91 Å². The summed E-state index contributed by atoms with van der Waals surface area (Å²) in [7, 11) is 0. The van der Waals surface area contributed by atoms with Crippen LogP contribution < -0.4 is 5.32 Å². The average Bonchev–Trinajstić information content (AvgIpc) is 2.37. The van der Waals surface area contributed by atoms with Crippen LogP contribution in [0.4, 0.5) is 0 Å². The molecule has 0 saturated carbocycles. The van der Waals surface area contributed by atoms with Gasteiger partial charge in [0, 0.05) is 17.3 Å². The van der Waals surface area contributed by atoms with E-state index in [1.165, 1.54) is 0 Å². The molecule has 1 rings (SSSR count). The van der Waals surface area contributed by atoms with Crippen molar-refractivity contribution in [2.45, 2.75) is 25.8 Å². The Labute approximate surface area is 112 Å². The fraction of sp³-hybridized carbons (Fsp3) is 0.462. The molecule has 0 spiro atoms. The van der Waals surface area contributed by atoms with Crippen LogP contribution in [0.15, 0.2) is 24.3 Å². The van der Waals surface area contributed by atoms with E-state index >= 15 is 0 Å². The fourth-order valence-corrected chi connectivity index (χ4v) is 2.20. The highest BCUT2D eigenvalue weighted by atomic mass is 35.5. The maximum absolute atomic E-state index is 12.0. The molecule has 0 aliphatic rings. The van der Waals surface area contributed by atoms with Gasteiger partial charge in [-0.2, -0.15) is 0 Å². The van der Waals surface area contributed by atoms with Crippen LogP contribution in [0.25, 0.3) is 0 Å². The third-order valence-corrected chi connectivity index (χ3v) is 3.90. The smallest absolute Gasteiger partial charge is 0.251 e. The second-order valence-corrected chi connectivity index (χ2v) is 4.76. The molecule has 0 radical (unpaired) electrons. The molecule has 2 nitrogen and oxygen atoms in total. The van der Waals surface area contributed by atoms with Gasteiger partial charge in [-0.05, 0) is 25.5 Å². The second kappa shape index (κ2) is 6.27. The first-order valence-electron chi connectivity index (χ1n) is 5.58. The van der Waals surface area contributed by atoms with E-state index in [2.05, 4.69) is 5.32 Å². The van der Waals surface area contributed by atoms with Gasteiger partial charge in [-0.1, -0.05) is 24.6 Å². The molecule has 0 aliphatic heterocycles. The number of carbonyl (C=O) groups is 1. The van der Waals surface area contributed by atoms with Crippen molar-refractivity contribution in [2.75, 3.05) is 11.8 Å². The highest BCUT2D eigenvalue weighted by molar-refractivity contribution is 6.22. The van der Waals surface area contributed by atoms with Gasteiger partial charge in [0.1, 0.15) is 0 Å². The van der Waals surface area contributed by atoms with Gasteiger partial charge >= 0.3 is 0 Å². The Bertz CT molecular complexity index is 363. The Morgan fingerprint density at radius 1 is 1.24 bits per heavy atom. The first kappa shape index (κ1) is 14.3. The zero-order valence-corrected chi connectivity index (χ0v) is 11.6. The van der Waals surface area contributed by atoms with Crippen molar-refractivity contribution in [3.63, 3.8) is 0 Å². The minimum Gasteiger partial charge on any atom is -0.344 e. The molecule has 1 aromatic rings. The highest BCUT2D eigenvalue weighted by Crippen LogP contribution is 2.16. The van der Waals surface area contributed by atoms with E-state index in [0.29, 0.717) is 23.7 Å². The first-order chi connectivity index (χ1) is 8.06. The molecule has 1 aromatic carbocycles. The van der Waals surface area contributed by atoms with Crippen molar-refractivity contribution in [3.8, 4) is 0 Å². The van der Waals surface area contributed by atoms with Crippen LogP contribution in [0.3, 0.4) is 0 Å². The van der Waals surface area contributed by atoms with E-state index in [0.717, 1.165) is 5.56 Å². The summed E-state index contributed by atoms with van der Waals surface area (Å²) in [5.74, 6) is 0.489. The summed E-state index contributed by atoms with van der Waals surface area (Å²) in [5.41, 5.74) is 1.23. The predicted molar refractivity (Wildman–Crippen MR) is 73.1 cm³/mol. The van der Waals surface area contributed by atoms with Gasteiger partial charge in [0.2, 0.25) is 0 Å². The Morgan fingerprint density at radius 2 is 1.76 bits per heavy atom. The number of nitrogens with one attached hydrogen (secondary N) is 1. The lowest BCUT2D eigenvalue weighted by Gasteiger charge is -2.29. The molecule has 1 amide bonds. The van der Waals surface area contributed by atoms with Crippen LogP contribution in [0.5, 0.6) is 0 Å². The topological polar surface area (TPSA) is 29.1 Å². The van der Waals surface area contributed by atoms with Crippen LogP contribution >= 0.6 is 23.2 Å². The van der Waals surface area contributed by atoms with E-state index in [9.17, 15) is 4.79 Å². The maximum atomic E-state index is 12.0. The predicted octanol–water partition coefficient (Wildman–Crippen LogP) is 3.35. The molecule has 0 aliphatic carbocycles. The SMILES string of the molecule is CCC(CCl)(CCl)NC(=O)c1ccc(C)cc1. The van der Waals surface area contributed by atoms with Gasteiger partial charge in [-0.25, -0.2) is 0 Å². The molecule has 0 saturated heterocycles. The van der Waals surface area contributed by atoms with Crippen molar-refractivity contribution in [2.24, 2.45) is 0 Å². The number of halogens is 2. The number of benzene rings is 1. The van der Waals surface area contributed by atoms with Gasteiger partial charge in [0.05, 0.1) is 5.54 Å². The minimum atomic E-state index is -0.523. The van der Waals surface area contributed by atoms with Crippen LogP contribution in [0.2, 0.25) is 0 Å². The van der Waals surface area contributed by atoms with Crippen molar-refractivity contribution < 1.29 is 4.79 Å². The van der Waals surface area contributed by atoms with Gasteiger partial charge in [-0.3, -0.25) is 4.79 Å². The summed E-state index contributed by atoms with van der Waals surface area (Å²) in [6.45, 7) is 3.94. The van der Waals surface area contributed by atoms with Gasteiger partial charge < -0.3 is 5.32 Å². The van der Waals surface area contributed by atoms with Crippen LogP contribution in [-0.4, -0.2) is 23.2 Å². The molecule has 0 atom stereocenters. The number of rotatable bonds is 5. The molecule has 4 heteroatoms. The van der Waals surface area contributed by atoms with E-state index in [4.69, 9.17) is 23.2 Å². The quantitative estimate of drug-likeness (QED) is 0.820. The Morgan fingerprint density at radius 3 is 2.18 bits per heavy atom. The summed E-state index contributed by atoms with van der Waals surface area (Å²) >= 11 is 11.8. The molecule has 0 bridgehead atoms. The number of hydrogen-bond acceptors (Lipinski definition) is 1. The van der Waals surface area contributed by atoms with Crippen molar-refractivity contribution in [1.29, 1.82) is 0 Å². The van der Waals surface area contributed by atoms with E-state index in [1.807, 2.05) is 26.0 Å². The third-order valence-electron chi connectivity index (χ3n) is 2.88. The molecule has 0 fully saturated rings. The Balaban J connectivity index is 2.81. The average molecular weight is 274 g/mol. The van der Waals surface area contributed by atoms with Crippen molar-refractivity contribution in [1.82, 2.24) is 5.32 Å². The van der Waals surface area contributed by atoms with Crippen LogP contribution in [0.1, 0.15) is 29.3 Å². The number of hydrogen-bond donors (Lipinski definition) is 1. The molecule has 0 unspecified atom stereocenters. The van der Waals surface area contributed by atoms with Crippen LogP contribution in [0, 0.1) is 6.92 Å². The van der Waals surface area contributed by atoms with Crippen molar-refractivity contribution in [3.05, 3.63) is 35.4 Å². The maximum Gasteiger partial charge on any atom is 0.251 e. The zero-order valence-electron chi connectivity index (χ0n) is 10.1. The molecular weight excluding hydrogens is 257 g/mol. The highest BCUT2D eigenvalue weighted by Gasteiger charge is 2.28. The fourth-order valence-electron chi connectivity index (χ4n) is 1.40. The zero-order chi connectivity index (χ0) is 12.9. The van der Waals surface area contributed by atoms with E-state index < -0.39 is 5.54 Å². The summed E-state index contributed by atoms with van der Waals surface area (Å²) in [6, 6.07) is 7.41. The summed E-state index contributed by atoms with van der Waals surface area (Å²) < 4.78 is 0. The minimum absolute atomic E-state index is 0.131. The lowest BCUT2D eigenvalue weighted by atomic mass is 10.0. The molecule has 94 valence electrons. The van der Waals surface area contributed by atoms with Crippen molar-refractivity contribution >= 4 is 29.1 Å². The largest absolute Gasteiger partial charge is 0.344 e. The number of carbonyl (C=O) groups excluding carboxylic acids is 1. The van der Waals surface area contributed by atoms with Gasteiger partial charge in [-0.15, -0.1) is 23.2 Å². The lowest BCUT2D eigenvalue weighted by molar-refractivity contribution is 0.0913. The Kier molecular flexibility index (Phi) is 5.29. The summed E-state index contributed by atoms with van der Waals surface area (Å²) in [5, 5.41) is 2.91. The standard InChI is InChI=1S/C13H17Cl2NO/c1-3-13(8-14,9-15)16-12(17)11-6-4-10(2)5-7-11/h4-7H,3,8-9H2,1-2H3,(H,16,17). The molecule has 17 heavy (non-hydrogen) atoms. The van der Waals surface area contributed by atoms with E-state index in [-0.39, 0.29) is 5.91 Å². The Hall–Kier alpha value is -0.730. The number of aryl methyl sites for hydroxylation is 1. The monoisotopic (exact) mass is 273 g/mol. The number of amides is 1. The molecule has 1 N–H and O–H groups in total. The summed E-state index contributed by atoms with van der Waals surface area (Å²) in [6.07, 6.45) is 0.706. The van der Waals surface area contributed by atoms with Gasteiger partial charge in [0.15, 0.2) is 0 Å². The third kappa shape index (κ3) is 3.62. The van der Waals surface area contributed by atoms with E-state index in [1.54, 1.807) is 12.1 Å². The second-order valence-electron chi connectivity index (χ2n) is 4.22. The normalized spacial score (nSPS) is 11.3. The number of alkyl halides is 2. The first-order valence-corrected chi connectivity index (χ1v) is 6.65. The van der Waals surface area contributed by atoms with Crippen LogP contribution in [-0.2, 0) is 0 Å².